The van der Waals surface area contributed by atoms with E-state index in [0.29, 0.717) is 10.2 Å². The first kappa shape index (κ1) is 18.9. The molecule has 1 amide bonds. The number of nitrogens with zero attached hydrogens (tertiary/aromatic N) is 3. The van der Waals surface area contributed by atoms with E-state index in [0.717, 1.165) is 21.9 Å². The topological polar surface area (TPSA) is 64.4 Å². The average molecular weight is 405 g/mol. The van der Waals surface area contributed by atoms with Gasteiger partial charge in [-0.1, -0.05) is 18.2 Å². The van der Waals surface area contributed by atoms with Crippen molar-refractivity contribution in [2.24, 2.45) is 0 Å². The molecule has 2 aromatic carbocycles. The quantitative estimate of drug-likeness (QED) is 0.507. The molecule has 0 bridgehead atoms. The third-order valence-corrected chi connectivity index (χ3v) is 5.86. The minimum absolute atomic E-state index is 0.0665. The first-order valence-electron chi connectivity index (χ1n) is 9.02. The number of amides is 1. The molecular weight excluding hydrogens is 386 g/mol. The van der Waals surface area contributed by atoms with Crippen molar-refractivity contribution in [3.63, 3.8) is 0 Å². The van der Waals surface area contributed by atoms with Crippen molar-refractivity contribution in [2.75, 3.05) is 19.1 Å². The summed E-state index contributed by atoms with van der Waals surface area (Å²) in [5.41, 5.74) is 2.18. The lowest BCUT2D eigenvalue weighted by Crippen LogP contribution is -2.33. The van der Waals surface area contributed by atoms with E-state index in [-0.39, 0.29) is 18.0 Å². The van der Waals surface area contributed by atoms with Crippen LogP contribution in [0.25, 0.3) is 20.7 Å². The van der Waals surface area contributed by atoms with E-state index in [4.69, 9.17) is 4.74 Å². The number of benzene rings is 2. The molecule has 0 N–H and O–H groups in total. The minimum Gasteiger partial charge on any atom is -0.497 e. The molecule has 0 unspecified atom stereocenters. The lowest BCUT2D eigenvalue weighted by atomic mass is 10.2. The fourth-order valence-electron chi connectivity index (χ4n) is 3.00. The lowest BCUT2D eigenvalue weighted by Gasteiger charge is -2.17. The van der Waals surface area contributed by atoms with Crippen LogP contribution in [0.1, 0.15) is 0 Å². The van der Waals surface area contributed by atoms with Crippen molar-refractivity contribution >= 4 is 33.1 Å². The van der Waals surface area contributed by atoms with Crippen molar-refractivity contribution in [3.8, 4) is 16.2 Å². The van der Waals surface area contributed by atoms with Gasteiger partial charge in [0.2, 0.25) is 5.91 Å². The summed E-state index contributed by atoms with van der Waals surface area (Å²) in [6.07, 6.45) is 1.44. The Morgan fingerprint density at radius 1 is 1.14 bits per heavy atom. The normalized spacial score (nSPS) is 10.8. The Balaban J connectivity index is 1.62. The second-order valence-electron chi connectivity index (χ2n) is 6.52. The lowest BCUT2D eigenvalue weighted by molar-refractivity contribution is -0.118. The van der Waals surface area contributed by atoms with E-state index in [1.807, 2.05) is 60.7 Å². The Labute approximate surface area is 171 Å². The van der Waals surface area contributed by atoms with Gasteiger partial charge in [0.05, 0.1) is 19.0 Å². The van der Waals surface area contributed by atoms with Crippen LogP contribution in [-0.4, -0.2) is 29.6 Å². The highest BCUT2D eigenvalue weighted by atomic mass is 32.1. The standard InChI is InChI=1S/C22H19N3O3S/c1-24(16-6-4-3-5-7-16)20(26)13-25-14-23-18-12-19(29-21(18)22(25)27)15-8-10-17(28-2)11-9-15/h3-12,14H,13H2,1-2H3. The summed E-state index contributed by atoms with van der Waals surface area (Å²) < 4.78 is 7.08. The highest BCUT2D eigenvalue weighted by molar-refractivity contribution is 7.22. The van der Waals surface area contributed by atoms with Crippen LogP contribution >= 0.6 is 11.3 Å². The average Bonchev–Trinajstić information content (AvgIpc) is 3.21. The monoisotopic (exact) mass is 405 g/mol. The number of carbonyl (C=O) groups is 1. The number of thiophene rings is 1. The minimum atomic E-state index is -0.213. The maximum absolute atomic E-state index is 12.9. The smallest absolute Gasteiger partial charge is 0.271 e. The van der Waals surface area contributed by atoms with Gasteiger partial charge < -0.3 is 9.64 Å². The number of rotatable bonds is 5. The Morgan fingerprint density at radius 2 is 1.86 bits per heavy atom. The third kappa shape index (κ3) is 3.77. The number of ether oxygens (including phenoxy) is 1. The van der Waals surface area contributed by atoms with Gasteiger partial charge in [-0.15, -0.1) is 11.3 Å². The van der Waals surface area contributed by atoms with Crippen molar-refractivity contribution in [2.45, 2.75) is 6.54 Å². The van der Waals surface area contributed by atoms with Crippen LogP contribution in [0.3, 0.4) is 0 Å². The maximum atomic E-state index is 12.9. The van der Waals surface area contributed by atoms with Gasteiger partial charge in [0.1, 0.15) is 17.0 Å². The SMILES string of the molecule is COc1ccc(-c2cc3ncn(CC(=O)N(C)c4ccccc4)c(=O)c3s2)cc1. The summed E-state index contributed by atoms with van der Waals surface area (Å²) in [6.45, 7) is -0.0665. The molecule has 146 valence electrons. The van der Waals surface area contributed by atoms with Crippen LogP contribution in [0.2, 0.25) is 0 Å². The first-order valence-corrected chi connectivity index (χ1v) is 9.83. The molecule has 0 aliphatic rings. The van der Waals surface area contributed by atoms with Crippen LogP contribution < -0.4 is 15.2 Å². The summed E-state index contributed by atoms with van der Waals surface area (Å²) in [4.78, 5) is 32.4. The largest absolute Gasteiger partial charge is 0.497 e. The molecule has 0 saturated heterocycles. The number of para-hydroxylation sites is 1. The third-order valence-electron chi connectivity index (χ3n) is 4.70. The molecule has 0 fully saturated rings. The summed E-state index contributed by atoms with van der Waals surface area (Å²) in [5, 5.41) is 0. The summed E-state index contributed by atoms with van der Waals surface area (Å²) >= 11 is 1.37. The molecule has 4 aromatic rings. The maximum Gasteiger partial charge on any atom is 0.271 e. The molecule has 29 heavy (non-hydrogen) atoms. The van der Waals surface area contributed by atoms with Crippen LogP contribution in [0.5, 0.6) is 5.75 Å². The highest BCUT2D eigenvalue weighted by Crippen LogP contribution is 2.31. The van der Waals surface area contributed by atoms with E-state index in [1.165, 1.54) is 27.1 Å². The van der Waals surface area contributed by atoms with Crippen molar-refractivity contribution < 1.29 is 9.53 Å². The number of hydrogen-bond acceptors (Lipinski definition) is 5. The molecule has 0 radical (unpaired) electrons. The number of fused-ring (bicyclic) bond motifs is 1. The van der Waals surface area contributed by atoms with E-state index in [9.17, 15) is 9.59 Å². The van der Waals surface area contributed by atoms with Gasteiger partial charge in [0, 0.05) is 17.6 Å². The van der Waals surface area contributed by atoms with E-state index >= 15 is 0 Å². The number of likely N-dealkylation sites (N-methyl/N-ethyl adjacent to an activating group) is 1. The van der Waals surface area contributed by atoms with Crippen molar-refractivity contribution in [3.05, 3.63) is 77.3 Å². The van der Waals surface area contributed by atoms with Crippen LogP contribution in [0.15, 0.2) is 71.8 Å². The Hall–Kier alpha value is -3.45. The zero-order valence-corrected chi connectivity index (χ0v) is 16.8. The molecule has 2 heterocycles. The van der Waals surface area contributed by atoms with Gasteiger partial charge in [-0.2, -0.15) is 0 Å². The number of aromatic nitrogens is 2. The first-order chi connectivity index (χ1) is 14.1. The Kier molecular flexibility index (Phi) is 5.14. The molecule has 0 aliphatic carbocycles. The molecule has 0 spiro atoms. The van der Waals surface area contributed by atoms with E-state index in [2.05, 4.69) is 4.98 Å². The van der Waals surface area contributed by atoms with Crippen molar-refractivity contribution in [1.82, 2.24) is 9.55 Å². The molecule has 4 rings (SSSR count). The van der Waals surface area contributed by atoms with Crippen LogP contribution in [0, 0.1) is 0 Å². The molecule has 0 aliphatic heterocycles. The molecule has 2 aromatic heterocycles. The predicted octanol–water partition coefficient (Wildman–Crippen LogP) is 3.80. The number of anilines is 1. The molecule has 0 saturated carbocycles. The summed E-state index contributed by atoms with van der Waals surface area (Å²) in [7, 11) is 3.32. The fourth-order valence-corrected chi connectivity index (χ4v) is 4.07. The van der Waals surface area contributed by atoms with Gasteiger partial charge in [-0.3, -0.25) is 14.2 Å². The molecular formula is C22H19N3O3S. The molecule has 6 nitrogen and oxygen atoms in total. The van der Waals surface area contributed by atoms with Gasteiger partial charge >= 0.3 is 0 Å². The van der Waals surface area contributed by atoms with Crippen LogP contribution in [-0.2, 0) is 11.3 Å². The fraction of sp³-hybridized carbons (Fsp3) is 0.136. The second-order valence-corrected chi connectivity index (χ2v) is 7.57. The highest BCUT2D eigenvalue weighted by Gasteiger charge is 2.15. The van der Waals surface area contributed by atoms with Crippen LogP contribution in [0.4, 0.5) is 5.69 Å². The summed E-state index contributed by atoms with van der Waals surface area (Å²) in [5.74, 6) is 0.586. The van der Waals surface area contributed by atoms with Crippen molar-refractivity contribution in [1.29, 1.82) is 0 Å². The second kappa shape index (κ2) is 7.89. The summed E-state index contributed by atoms with van der Waals surface area (Å²) in [6, 6.07) is 18.9. The predicted molar refractivity (Wildman–Crippen MR) is 116 cm³/mol. The Morgan fingerprint density at radius 3 is 2.55 bits per heavy atom. The van der Waals surface area contributed by atoms with Gasteiger partial charge in [-0.05, 0) is 48.0 Å². The van der Waals surface area contributed by atoms with Gasteiger partial charge in [0.15, 0.2) is 0 Å². The molecule has 0 atom stereocenters. The zero-order valence-electron chi connectivity index (χ0n) is 16.0. The number of carbonyl (C=O) groups excluding carboxylic acids is 1. The van der Waals surface area contributed by atoms with Gasteiger partial charge in [0.25, 0.3) is 5.56 Å². The van der Waals surface area contributed by atoms with Gasteiger partial charge in [-0.25, -0.2) is 4.98 Å². The number of hydrogen-bond donors (Lipinski definition) is 0. The Bertz CT molecular complexity index is 1210. The zero-order chi connectivity index (χ0) is 20.4. The number of methoxy groups -OCH3 is 1. The molecule has 7 heteroatoms. The van der Waals surface area contributed by atoms with E-state index in [1.54, 1.807) is 14.2 Å². The van der Waals surface area contributed by atoms with E-state index < -0.39 is 0 Å².